The number of pyridine rings is 1. The van der Waals surface area contributed by atoms with Gasteiger partial charge < -0.3 is 9.64 Å². The maximum absolute atomic E-state index is 12.8. The molecule has 1 amide bonds. The molecule has 32 heavy (non-hydrogen) atoms. The Labute approximate surface area is 182 Å². The summed E-state index contributed by atoms with van der Waals surface area (Å²) in [6.07, 6.45) is -0.0984. The number of amides is 1. The quantitative estimate of drug-likeness (QED) is 0.599. The summed E-state index contributed by atoms with van der Waals surface area (Å²) in [5.41, 5.74) is 1.55. The van der Waals surface area contributed by atoms with Gasteiger partial charge in [0.2, 0.25) is 5.91 Å². The first kappa shape index (κ1) is 21.9. The van der Waals surface area contributed by atoms with E-state index in [0.717, 1.165) is 11.6 Å². The molecule has 0 unspecified atom stereocenters. The van der Waals surface area contributed by atoms with Crippen molar-refractivity contribution in [3.63, 3.8) is 0 Å². The number of hydrogen-bond donors (Lipinski definition) is 0. The van der Waals surface area contributed by atoms with Crippen LogP contribution in [0, 0.1) is 6.92 Å². The molecule has 1 aliphatic heterocycles. The van der Waals surface area contributed by atoms with Gasteiger partial charge in [0.05, 0.1) is 24.5 Å². The smallest absolute Gasteiger partial charge is 0.368 e. The van der Waals surface area contributed by atoms with Gasteiger partial charge in [-0.15, -0.1) is 0 Å². The molecule has 1 atom stereocenters. The number of nitrogens with zero attached hydrogens (tertiary/aromatic N) is 6. The number of carbonyl (C=O) groups is 1. The zero-order valence-electron chi connectivity index (χ0n) is 17.3. The summed E-state index contributed by atoms with van der Waals surface area (Å²) >= 11 is 0. The van der Waals surface area contributed by atoms with E-state index in [2.05, 4.69) is 20.1 Å². The van der Waals surface area contributed by atoms with Crippen molar-refractivity contribution in [1.29, 1.82) is 0 Å². The minimum absolute atomic E-state index is 0.0430. The molecule has 0 spiro atoms. The number of alkyl halides is 3. The Morgan fingerprint density at radius 3 is 2.75 bits per heavy atom. The molecule has 4 heterocycles. The Kier molecular flexibility index (Phi) is 6.17. The number of carbonyl (C=O) groups excluding carboxylic acids is 1. The van der Waals surface area contributed by atoms with Crippen molar-refractivity contribution in [2.75, 3.05) is 19.7 Å². The Morgan fingerprint density at radius 2 is 2.03 bits per heavy atom. The molecule has 0 N–H and O–H groups in total. The van der Waals surface area contributed by atoms with Crippen molar-refractivity contribution in [2.45, 2.75) is 32.2 Å². The predicted molar refractivity (Wildman–Crippen MR) is 107 cm³/mol. The summed E-state index contributed by atoms with van der Waals surface area (Å²) in [7, 11) is 0. The third-order valence-corrected chi connectivity index (χ3v) is 5.19. The van der Waals surface area contributed by atoms with E-state index in [0.29, 0.717) is 36.8 Å². The van der Waals surface area contributed by atoms with Crippen LogP contribution in [0.25, 0.3) is 11.3 Å². The van der Waals surface area contributed by atoms with Crippen LogP contribution in [-0.4, -0.2) is 55.2 Å². The van der Waals surface area contributed by atoms with E-state index in [-0.39, 0.29) is 18.9 Å². The van der Waals surface area contributed by atoms with Gasteiger partial charge in [-0.05, 0) is 25.1 Å². The predicted octanol–water partition coefficient (Wildman–Crippen LogP) is 3.05. The van der Waals surface area contributed by atoms with Crippen molar-refractivity contribution in [1.82, 2.24) is 29.6 Å². The van der Waals surface area contributed by atoms with Gasteiger partial charge in [-0.3, -0.25) is 9.48 Å². The summed E-state index contributed by atoms with van der Waals surface area (Å²) in [6.45, 7) is 2.67. The first-order valence-electron chi connectivity index (χ1n) is 10.0. The lowest BCUT2D eigenvalue weighted by molar-refractivity contribution is -0.141. The van der Waals surface area contributed by atoms with Crippen molar-refractivity contribution in [3.05, 3.63) is 60.1 Å². The maximum Gasteiger partial charge on any atom is 0.435 e. The Hall–Kier alpha value is -3.34. The van der Waals surface area contributed by atoms with Crippen LogP contribution in [0.4, 0.5) is 13.2 Å². The molecular formula is C21H21F3N6O2. The molecular weight excluding hydrogens is 425 g/mol. The SMILES string of the molecule is Cc1cc(C(F)(F)F)nn1CCC(=O)N1CCO[C@@H](c2cccc(-c3cncnc3)n2)C1. The second-order valence-corrected chi connectivity index (χ2v) is 7.42. The van der Waals surface area contributed by atoms with Gasteiger partial charge >= 0.3 is 6.18 Å². The molecule has 0 bridgehead atoms. The van der Waals surface area contributed by atoms with Crippen LogP contribution in [0.2, 0.25) is 0 Å². The van der Waals surface area contributed by atoms with E-state index in [9.17, 15) is 18.0 Å². The third kappa shape index (κ3) is 4.93. The standard InChI is InChI=1S/C21H21F3N6O2/c1-14-9-19(21(22,23)24)28-30(14)6-5-20(31)29-7-8-32-18(12-29)17-4-2-3-16(27-17)15-10-25-13-26-11-15/h2-4,9-11,13,18H,5-8,12H2,1H3/t18-/m1/s1. The molecule has 0 saturated carbocycles. The van der Waals surface area contributed by atoms with Gasteiger partial charge in [0.15, 0.2) is 5.69 Å². The highest BCUT2D eigenvalue weighted by molar-refractivity contribution is 5.76. The zero-order valence-corrected chi connectivity index (χ0v) is 17.3. The maximum atomic E-state index is 12.8. The van der Waals surface area contributed by atoms with Gasteiger partial charge in [-0.1, -0.05) is 6.07 Å². The van der Waals surface area contributed by atoms with E-state index in [1.54, 1.807) is 17.3 Å². The summed E-state index contributed by atoms with van der Waals surface area (Å²) < 4.78 is 45.5. The van der Waals surface area contributed by atoms with Crippen LogP contribution in [-0.2, 0) is 22.3 Å². The van der Waals surface area contributed by atoms with Gasteiger partial charge in [0, 0.05) is 43.2 Å². The Balaban J connectivity index is 1.40. The molecule has 3 aromatic rings. The highest BCUT2D eigenvalue weighted by atomic mass is 19.4. The summed E-state index contributed by atoms with van der Waals surface area (Å²) in [4.78, 5) is 27.0. The lowest BCUT2D eigenvalue weighted by atomic mass is 10.1. The lowest BCUT2D eigenvalue weighted by Crippen LogP contribution is -2.42. The van der Waals surface area contributed by atoms with E-state index < -0.39 is 18.0 Å². The highest BCUT2D eigenvalue weighted by Crippen LogP contribution is 2.28. The number of aromatic nitrogens is 5. The molecule has 11 heteroatoms. The fraction of sp³-hybridized carbons (Fsp3) is 0.381. The molecule has 4 rings (SSSR count). The van der Waals surface area contributed by atoms with E-state index >= 15 is 0 Å². The Morgan fingerprint density at radius 1 is 1.25 bits per heavy atom. The summed E-state index contributed by atoms with van der Waals surface area (Å²) in [5, 5.41) is 3.58. The largest absolute Gasteiger partial charge is 0.435 e. The number of rotatable bonds is 5. The van der Waals surface area contributed by atoms with Gasteiger partial charge in [-0.25, -0.2) is 15.0 Å². The van der Waals surface area contributed by atoms with Crippen molar-refractivity contribution < 1.29 is 22.7 Å². The fourth-order valence-electron chi connectivity index (χ4n) is 3.51. The number of morpholine rings is 1. The van der Waals surface area contributed by atoms with Crippen LogP contribution in [0.3, 0.4) is 0 Å². The molecule has 1 fully saturated rings. The van der Waals surface area contributed by atoms with E-state index in [1.165, 1.54) is 17.9 Å². The first-order valence-corrected chi connectivity index (χ1v) is 10.0. The number of aryl methyl sites for hydroxylation is 2. The van der Waals surface area contributed by atoms with Gasteiger partial charge in [0.25, 0.3) is 0 Å². The third-order valence-electron chi connectivity index (χ3n) is 5.19. The monoisotopic (exact) mass is 446 g/mol. The number of hydrogen-bond acceptors (Lipinski definition) is 6. The first-order chi connectivity index (χ1) is 15.3. The minimum atomic E-state index is -4.51. The van der Waals surface area contributed by atoms with Crippen molar-refractivity contribution >= 4 is 5.91 Å². The van der Waals surface area contributed by atoms with Crippen LogP contribution < -0.4 is 0 Å². The highest BCUT2D eigenvalue weighted by Gasteiger charge is 2.34. The average molecular weight is 446 g/mol. The van der Waals surface area contributed by atoms with Gasteiger partial charge in [-0.2, -0.15) is 18.3 Å². The molecule has 1 saturated heterocycles. The average Bonchev–Trinajstić information content (AvgIpc) is 3.19. The molecule has 1 aliphatic rings. The Bertz CT molecular complexity index is 1090. The van der Waals surface area contributed by atoms with Crippen molar-refractivity contribution in [3.8, 4) is 11.3 Å². The lowest BCUT2D eigenvalue weighted by Gasteiger charge is -2.33. The molecule has 0 radical (unpaired) electrons. The molecule has 8 nitrogen and oxygen atoms in total. The second kappa shape index (κ2) is 9.03. The molecule has 168 valence electrons. The minimum Gasteiger partial charge on any atom is -0.368 e. The summed E-state index contributed by atoms with van der Waals surface area (Å²) in [5.74, 6) is -0.172. The van der Waals surface area contributed by atoms with Crippen LogP contribution in [0.1, 0.15) is 29.6 Å². The van der Waals surface area contributed by atoms with Crippen LogP contribution in [0.15, 0.2) is 43.0 Å². The topological polar surface area (TPSA) is 86.0 Å². The van der Waals surface area contributed by atoms with Crippen LogP contribution in [0.5, 0.6) is 0 Å². The zero-order chi connectivity index (χ0) is 22.7. The fourth-order valence-corrected chi connectivity index (χ4v) is 3.51. The number of halogens is 3. The molecule has 0 aromatic carbocycles. The van der Waals surface area contributed by atoms with Gasteiger partial charge in [0.1, 0.15) is 12.4 Å². The van der Waals surface area contributed by atoms with Crippen molar-refractivity contribution in [2.24, 2.45) is 0 Å². The van der Waals surface area contributed by atoms with E-state index in [1.807, 2.05) is 18.2 Å². The molecule has 0 aliphatic carbocycles. The normalized spacial score (nSPS) is 16.9. The number of ether oxygens (including phenoxy) is 1. The molecule has 3 aromatic heterocycles. The van der Waals surface area contributed by atoms with Crippen LogP contribution >= 0.6 is 0 Å². The second-order valence-electron chi connectivity index (χ2n) is 7.42. The van der Waals surface area contributed by atoms with E-state index in [4.69, 9.17) is 4.74 Å². The summed E-state index contributed by atoms with van der Waals surface area (Å²) in [6, 6.07) is 6.51.